The number of esters is 1. The van der Waals surface area contributed by atoms with Crippen LogP contribution in [0.5, 0.6) is 0 Å². The number of nitrogens with zero attached hydrogens (tertiary/aromatic N) is 2. The maximum absolute atomic E-state index is 12.2. The van der Waals surface area contributed by atoms with E-state index in [0.717, 1.165) is 13.0 Å². The number of ether oxygens (including phenoxy) is 1. The van der Waals surface area contributed by atoms with Crippen molar-refractivity contribution in [2.24, 2.45) is 0 Å². The summed E-state index contributed by atoms with van der Waals surface area (Å²) in [6.07, 6.45) is 0.863. The zero-order valence-electron chi connectivity index (χ0n) is 11.3. The molecule has 19 heavy (non-hydrogen) atoms. The molecule has 0 aromatic heterocycles. The van der Waals surface area contributed by atoms with Crippen LogP contribution in [-0.2, 0) is 19.7 Å². The van der Waals surface area contributed by atoms with Crippen LogP contribution in [0.25, 0.3) is 0 Å². The fourth-order valence-electron chi connectivity index (χ4n) is 1.71. The van der Waals surface area contributed by atoms with Gasteiger partial charge in [0.2, 0.25) is 0 Å². The number of methoxy groups -OCH3 is 1. The maximum Gasteiger partial charge on any atom is 0.306 e. The minimum absolute atomic E-state index is 0. The highest BCUT2D eigenvalue weighted by atomic mass is 35.5. The minimum Gasteiger partial charge on any atom is -0.469 e. The monoisotopic (exact) mass is 315 g/mol. The molecule has 0 bridgehead atoms. The van der Waals surface area contributed by atoms with E-state index in [1.165, 1.54) is 22.8 Å². The average Bonchev–Trinajstić information content (AvgIpc) is 2.64. The molecular formula is C10H22ClN3O4S. The molecule has 0 atom stereocenters. The van der Waals surface area contributed by atoms with Gasteiger partial charge in [-0.05, 0) is 13.0 Å². The van der Waals surface area contributed by atoms with E-state index in [-0.39, 0.29) is 25.4 Å². The van der Waals surface area contributed by atoms with Gasteiger partial charge in [0, 0.05) is 33.2 Å². The van der Waals surface area contributed by atoms with E-state index < -0.39 is 16.2 Å². The first-order valence-electron chi connectivity index (χ1n) is 5.97. The van der Waals surface area contributed by atoms with Crippen molar-refractivity contribution in [3.05, 3.63) is 0 Å². The third-order valence-corrected chi connectivity index (χ3v) is 4.87. The predicted octanol–water partition coefficient (Wildman–Crippen LogP) is -0.557. The molecule has 0 aliphatic carbocycles. The van der Waals surface area contributed by atoms with Gasteiger partial charge in [-0.3, -0.25) is 4.79 Å². The Kier molecular flexibility index (Phi) is 8.51. The van der Waals surface area contributed by atoms with Gasteiger partial charge in [-0.15, -0.1) is 12.4 Å². The summed E-state index contributed by atoms with van der Waals surface area (Å²) < 4.78 is 31.6. The normalized spacial score (nSPS) is 17.6. The Labute approximate surface area is 120 Å². The highest BCUT2D eigenvalue weighted by molar-refractivity contribution is 7.86. The van der Waals surface area contributed by atoms with Gasteiger partial charge in [0.1, 0.15) is 0 Å². The van der Waals surface area contributed by atoms with Crippen LogP contribution in [0.1, 0.15) is 12.8 Å². The van der Waals surface area contributed by atoms with Crippen LogP contribution in [-0.4, -0.2) is 69.9 Å². The third-order valence-electron chi connectivity index (χ3n) is 2.88. The van der Waals surface area contributed by atoms with Crippen molar-refractivity contribution in [1.82, 2.24) is 13.9 Å². The molecule has 0 aromatic rings. The first kappa shape index (κ1) is 18.6. The van der Waals surface area contributed by atoms with Crippen molar-refractivity contribution in [3.63, 3.8) is 0 Å². The predicted molar refractivity (Wildman–Crippen MR) is 74.5 cm³/mol. The van der Waals surface area contributed by atoms with E-state index in [1.807, 2.05) is 0 Å². The Morgan fingerprint density at radius 1 is 1.37 bits per heavy atom. The zero-order chi connectivity index (χ0) is 13.6. The Bertz CT molecular complexity index is 369. The highest BCUT2D eigenvalue weighted by Gasteiger charge is 2.27. The number of rotatable bonds is 5. The second-order valence-electron chi connectivity index (χ2n) is 4.16. The zero-order valence-corrected chi connectivity index (χ0v) is 12.9. The lowest BCUT2D eigenvalue weighted by Gasteiger charge is -2.25. The summed E-state index contributed by atoms with van der Waals surface area (Å²) in [5, 5.41) is 3.15. The maximum atomic E-state index is 12.2. The van der Waals surface area contributed by atoms with Gasteiger partial charge in [0.25, 0.3) is 10.2 Å². The van der Waals surface area contributed by atoms with Crippen LogP contribution in [0, 0.1) is 0 Å². The Hall–Kier alpha value is -0.410. The lowest BCUT2D eigenvalue weighted by atomic mass is 10.4. The molecule has 1 rings (SSSR count). The Morgan fingerprint density at radius 3 is 2.68 bits per heavy atom. The number of hydrogen-bond acceptors (Lipinski definition) is 5. The lowest BCUT2D eigenvalue weighted by Crippen LogP contribution is -2.44. The molecule has 1 aliphatic heterocycles. The van der Waals surface area contributed by atoms with Gasteiger partial charge in [-0.1, -0.05) is 0 Å². The van der Waals surface area contributed by atoms with Crippen molar-refractivity contribution in [3.8, 4) is 0 Å². The summed E-state index contributed by atoms with van der Waals surface area (Å²) in [5.74, 6) is -0.408. The molecule has 1 saturated heterocycles. The van der Waals surface area contributed by atoms with E-state index in [2.05, 4.69) is 10.1 Å². The van der Waals surface area contributed by atoms with E-state index in [1.54, 1.807) is 0 Å². The van der Waals surface area contributed by atoms with Crippen LogP contribution in [0.2, 0.25) is 0 Å². The third kappa shape index (κ3) is 5.62. The van der Waals surface area contributed by atoms with Gasteiger partial charge in [-0.2, -0.15) is 17.0 Å². The summed E-state index contributed by atoms with van der Waals surface area (Å²) in [6.45, 7) is 2.60. The highest BCUT2D eigenvalue weighted by Crippen LogP contribution is 2.09. The molecule has 0 spiro atoms. The second-order valence-corrected chi connectivity index (χ2v) is 6.19. The molecule has 0 unspecified atom stereocenters. The Balaban J connectivity index is 0.00000324. The molecule has 1 N–H and O–H groups in total. The minimum atomic E-state index is -3.47. The quantitative estimate of drug-likeness (QED) is 0.688. The molecule has 7 nitrogen and oxygen atoms in total. The number of halogens is 1. The number of carbonyl (C=O) groups is 1. The van der Waals surface area contributed by atoms with Crippen molar-refractivity contribution in [2.45, 2.75) is 12.8 Å². The fourth-order valence-corrected chi connectivity index (χ4v) is 3.11. The van der Waals surface area contributed by atoms with E-state index in [0.29, 0.717) is 19.6 Å². The Morgan fingerprint density at radius 2 is 2.05 bits per heavy atom. The fraction of sp³-hybridized carbons (Fsp3) is 0.900. The van der Waals surface area contributed by atoms with Crippen LogP contribution in [0.15, 0.2) is 0 Å². The molecule has 0 radical (unpaired) electrons. The van der Waals surface area contributed by atoms with Gasteiger partial charge in [0.05, 0.1) is 13.5 Å². The van der Waals surface area contributed by atoms with Crippen molar-refractivity contribution in [2.75, 3.05) is 46.9 Å². The molecule has 0 amide bonds. The van der Waals surface area contributed by atoms with Crippen molar-refractivity contribution < 1.29 is 17.9 Å². The average molecular weight is 316 g/mol. The van der Waals surface area contributed by atoms with E-state index >= 15 is 0 Å². The SMILES string of the molecule is COC(=O)CCN(C)S(=O)(=O)N1CCCNCC1.Cl. The van der Waals surface area contributed by atoms with Crippen molar-refractivity contribution in [1.29, 1.82) is 0 Å². The van der Waals surface area contributed by atoms with Crippen molar-refractivity contribution >= 4 is 28.6 Å². The first-order valence-corrected chi connectivity index (χ1v) is 7.37. The molecule has 1 fully saturated rings. The molecule has 1 aliphatic rings. The van der Waals surface area contributed by atoms with Crippen LogP contribution < -0.4 is 5.32 Å². The van der Waals surface area contributed by atoms with E-state index in [9.17, 15) is 13.2 Å². The summed E-state index contributed by atoms with van der Waals surface area (Å²) in [5.41, 5.74) is 0. The number of carbonyl (C=O) groups excluding carboxylic acids is 1. The largest absolute Gasteiger partial charge is 0.469 e. The number of hydrogen-bond donors (Lipinski definition) is 1. The van der Waals surface area contributed by atoms with Gasteiger partial charge < -0.3 is 10.1 Å². The smallest absolute Gasteiger partial charge is 0.306 e. The standard InChI is InChI=1S/C10H21N3O4S.ClH/c1-12(8-4-10(14)17-2)18(15,16)13-7-3-5-11-6-9-13;/h11H,3-9H2,1-2H3;1H. The summed E-state index contributed by atoms with van der Waals surface area (Å²) in [6, 6.07) is 0. The summed E-state index contributed by atoms with van der Waals surface area (Å²) >= 11 is 0. The first-order chi connectivity index (χ1) is 8.48. The second kappa shape index (κ2) is 8.70. The van der Waals surface area contributed by atoms with Gasteiger partial charge in [0.15, 0.2) is 0 Å². The molecular weight excluding hydrogens is 294 g/mol. The molecule has 1 heterocycles. The summed E-state index contributed by atoms with van der Waals surface area (Å²) in [7, 11) is -0.699. The van der Waals surface area contributed by atoms with Crippen LogP contribution >= 0.6 is 12.4 Å². The van der Waals surface area contributed by atoms with Gasteiger partial charge >= 0.3 is 5.97 Å². The number of nitrogens with one attached hydrogen (secondary N) is 1. The molecule has 0 aromatic carbocycles. The topological polar surface area (TPSA) is 79.0 Å². The van der Waals surface area contributed by atoms with Crippen LogP contribution in [0.3, 0.4) is 0 Å². The summed E-state index contributed by atoms with van der Waals surface area (Å²) in [4.78, 5) is 11.0. The van der Waals surface area contributed by atoms with E-state index in [4.69, 9.17) is 0 Å². The van der Waals surface area contributed by atoms with Crippen LogP contribution in [0.4, 0.5) is 0 Å². The molecule has 114 valence electrons. The molecule has 0 saturated carbocycles. The lowest BCUT2D eigenvalue weighted by molar-refractivity contribution is -0.140. The van der Waals surface area contributed by atoms with Gasteiger partial charge in [-0.25, -0.2) is 0 Å². The molecule has 9 heteroatoms.